The van der Waals surface area contributed by atoms with Gasteiger partial charge in [0.05, 0.1) is 31.6 Å². The Kier molecular flexibility index (Phi) is 6.17. The van der Waals surface area contributed by atoms with Crippen LogP contribution in [-0.4, -0.2) is 76.2 Å². The summed E-state index contributed by atoms with van der Waals surface area (Å²) < 4.78 is 34.4. The van der Waals surface area contributed by atoms with Gasteiger partial charge in [0.25, 0.3) is 5.91 Å². The predicted molar refractivity (Wildman–Crippen MR) is 84.6 cm³/mol. The van der Waals surface area contributed by atoms with E-state index in [0.29, 0.717) is 25.3 Å². The monoisotopic (exact) mass is 345 g/mol. The first-order valence-electron chi connectivity index (χ1n) is 7.43. The van der Waals surface area contributed by atoms with Crippen LogP contribution < -0.4 is 5.32 Å². The Morgan fingerprint density at radius 1 is 1.39 bits per heavy atom. The fourth-order valence-corrected chi connectivity index (χ4v) is 2.58. The second kappa shape index (κ2) is 7.91. The second-order valence-corrected chi connectivity index (χ2v) is 7.62. The van der Waals surface area contributed by atoms with Gasteiger partial charge in [-0.15, -0.1) is 0 Å². The van der Waals surface area contributed by atoms with Crippen molar-refractivity contribution in [2.75, 3.05) is 52.7 Å². The highest BCUT2D eigenvalue weighted by Gasteiger charge is 2.16. The Morgan fingerprint density at radius 2 is 2.09 bits per heavy atom. The first-order chi connectivity index (χ1) is 10.9. The van der Waals surface area contributed by atoms with Crippen molar-refractivity contribution in [3.63, 3.8) is 0 Å². The molecule has 0 spiro atoms. The molecule has 0 saturated carbocycles. The van der Waals surface area contributed by atoms with Crippen LogP contribution in [0.25, 0.3) is 0 Å². The number of nitrogens with one attached hydrogen (secondary N) is 1. The van der Waals surface area contributed by atoms with E-state index in [2.05, 4.69) is 10.2 Å². The van der Waals surface area contributed by atoms with Crippen molar-refractivity contribution in [3.05, 3.63) is 23.7 Å². The molecule has 0 aromatic carbocycles. The Hall–Kier alpha value is -1.42. The van der Waals surface area contributed by atoms with Gasteiger partial charge < -0.3 is 14.5 Å². The number of hydrogen-bond acceptors (Lipinski definition) is 6. The summed E-state index contributed by atoms with van der Waals surface area (Å²) in [6.45, 7) is 4.23. The molecule has 1 aromatic rings. The van der Waals surface area contributed by atoms with E-state index in [1.165, 1.54) is 17.6 Å². The molecule has 1 aliphatic heterocycles. The Bertz CT molecular complexity index is 622. The highest BCUT2D eigenvalue weighted by atomic mass is 32.2. The number of carbonyl (C=O) groups is 1. The lowest BCUT2D eigenvalue weighted by Crippen LogP contribution is -2.35. The summed E-state index contributed by atoms with van der Waals surface area (Å²) in [5.74, 6) is 0.453. The molecule has 1 aliphatic rings. The summed E-state index contributed by atoms with van der Waals surface area (Å²) in [5, 5.41) is 2.68. The topological polar surface area (TPSA) is 92.1 Å². The molecule has 1 N–H and O–H groups in total. The maximum Gasteiger partial charge on any atom is 0.254 e. The lowest BCUT2D eigenvalue weighted by molar-refractivity contribution is 0.0313. The first-order valence-corrected chi connectivity index (χ1v) is 9.28. The molecule has 130 valence electrons. The van der Waals surface area contributed by atoms with Crippen LogP contribution >= 0.6 is 0 Å². The molecule has 0 atom stereocenters. The van der Waals surface area contributed by atoms with Crippen LogP contribution in [-0.2, 0) is 21.3 Å². The number of morpholine rings is 1. The molecule has 1 fully saturated rings. The molecule has 1 saturated heterocycles. The van der Waals surface area contributed by atoms with Crippen LogP contribution in [0, 0.1) is 0 Å². The molecule has 0 unspecified atom stereocenters. The highest BCUT2D eigenvalue weighted by molar-refractivity contribution is 7.88. The molecular weight excluding hydrogens is 322 g/mol. The average Bonchev–Trinajstić information content (AvgIpc) is 2.95. The molecule has 1 amide bonds. The molecule has 0 aliphatic carbocycles. The normalized spacial score (nSPS) is 16.7. The van der Waals surface area contributed by atoms with Gasteiger partial charge in [-0.05, 0) is 6.07 Å². The number of amides is 1. The van der Waals surface area contributed by atoms with Gasteiger partial charge in [-0.25, -0.2) is 12.7 Å². The Morgan fingerprint density at radius 3 is 2.74 bits per heavy atom. The molecule has 23 heavy (non-hydrogen) atoms. The zero-order chi connectivity index (χ0) is 16.9. The Labute approximate surface area is 136 Å². The standard InChI is InChI=1S/C14H23N3O5S/c1-16(23(2,19)20)4-3-15-14(18)12-9-13(22-11-12)10-17-5-7-21-8-6-17/h9,11H,3-8,10H2,1-2H3,(H,15,18). The lowest BCUT2D eigenvalue weighted by Gasteiger charge is -2.25. The molecule has 9 heteroatoms. The molecule has 2 heterocycles. The van der Waals surface area contributed by atoms with Crippen molar-refractivity contribution in [1.29, 1.82) is 0 Å². The summed E-state index contributed by atoms with van der Waals surface area (Å²) in [6, 6.07) is 1.71. The largest absolute Gasteiger partial charge is 0.467 e. The number of furan rings is 1. The van der Waals surface area contributed by atoms with Crippen LogP contribution in [0.3, 0.4) is 0 Å². The van der Waals surface area contributed by atoms with E-state index in [1.807, 2.05) is 0 Å². The average molecular weight is 345 g/mol. The zero-order valence-electron chi connectivity index (χ0n) is 13.4. The third-order valence-electron chi connectivity index (χ3n) is 3.68. The number of nitrogens with zero attached hydrogens (tertiary/aromatic N) is 2. The third-order valence-corrected chi connectivity index (χ3v) is 4.99. The summed E-state index contributed by atoms with van der Waals surface area (Å²) in [5.41, 5.74) is 0.440. The second-order valence-electron chi connectivity index (χ2n) is 5.53. The number of likely N-dealkylation sites (N-methyl/N-ethyl adjacent to an activating group) is 1. The number of sulfonamides is 1. The van der Waals surface area contributed by atoms with Gasteiger partial charge in [-0.1, -0.05) is 0 Å². The van der Waals surface area contributed by atoms with Gasteiger partial charge in [0.1, 0.15) is 12.0 Å². The van der Waals surface area contributed by atoms with E-state index in [9.17, 15) is 13.2 Å². The van der Waals surface area contributed by atoms with Crippen molar-refractivity contribution < 1.29 is 22.4 Å². The van der Waals surface area contributed by atoms with Crippen LogP contribution in [0.2, 0.25) is 0 Å². The van der Waals surface area contributed by atoms with Gasteiger partial charge in [-0.3, -0.25) is 9.69 Å². The van der Waals surface area contributed by atoms with Gasteiger partial charge >= 0.3 is 0 Å². The highest BCUT2D eigenvalue weighted by Crippen LogP contribution is 2.11. The maximum absolute atomic E-state index is 12.0. The summed E-state index contributed by atoms with van der Waals surface area (Å²) in [4.78, 5) is 14.2. The van der Waals surface area contributed by atoms with Crippen molar-refractivity contribution in [2.45, 2.75) is 6.54 Å². The molecule has 2 rings (SSSR count). The minimum absolute atomic E-state index is 0.225. The van der Waals surface area contributed by atoms with Crippen LogP contribution in [0.1, 0.15) is 16.1 Å². The van der Waals surface area contributed by atoms with E-state index in [0.717, 1.165) is 25.1 Å². The molecule has 0 bridgehead atoms. The van der Waals surface area contributed by atoms with Gasteiger partial charge in [0.15, 0.2) is 0 Å². The van der Waals surface area contributed by atoms with Gasteiger partial charge in [-0.2, -0.15) is 0 Å². The van der Waals surface area contributed by atoms with E-state index in [4.69, 9.17) is 9.15 Å². The number of carbonyl (C=O) groups excluding carboxylic acids is 1. The van der Waals surface area contributed by atoms with Crippen molar-refractivity contribution in [3.8, 4) is 0 Å². The zero-order valence-corrected chi connectivity index (χ0v) is 14.3. The smallest absolute Gasteiger partial charge is 0.254 e. The molecule has 0 radical (unpaired) electrons. The van der Waals surface area contributed by atoms with Crippen LogP contribution in [0.5, 0.6) is 0 Å². The van der Waals surface area contributed by atoms with Crippen molar-refractivity contribution >= 4 is 15.9 Å². The van der Waals surface area contributed by atoms with Gasteiger partial charge in [0.2, 0.25) is 10.0 Å². The minimum Gasteiger partial charge on any atom is -0.467 e. The quantitative estimate of drug-likeness (QED) is 0.732. The fourth-order valence-electron chi connectivity index (χ4n) is 2.16. The molecular formula is C14H23N3O5S. The molecule has 8 nitrogen and oxygen atoms in total. The summed E-state index contributed by atoms with van der Waals surface area (Å²) >= 11 is 0. The fraction of sp³-hybridized carbons (Fsp3) is 0.643. The maximum atomic E-state index is 12.0. The first kappa shape index (κ1) is 17.9. The minimum atomic E-state index is -3.23. The van der Waals surface area contributed by atoms with E-state index >= 15 is 0 Å². The van der Waals surface area contributed by atoms with Gasteiger partial charge in [0, 0.05) is 33.2 Å². The summed E-state index contributed by atoms with van der Waals surface area (Å²) in [6.07, 6.45) is 2.55. The van der Waals surface area contributed by atoms with E-state index in [1.54, 1.807) is 6.07 Å². The summed E-state index contributed by atoms with van der Waals surface area (Å²) in [7, 11) is -1.76. The van der Waals surface area contributed by atoms with E-state index < -0.39 is 10.0 Å². The van der Waals surface area contributed by atoms with E-state index in [-0.39, 0.29) is 19.0 Å². The van der Waals surface area contributed by atoms with Crippen molar-refractivity contribution in [2.24, 2.45) is 0 Å². The number of ether oxygens (including phenoxy) is 1. The Balaban J connectivity index is 1.79. The number of hydrogen-bond donors (Lipinski definition) is 1. The van der Waals surface area contributed by atoms with Crippen LogP contribution in [0.4, 0.5) is 0 Å². The lowest BCUT2D eigenvalue weighted by atomic mass is 10.2. The SMILES string of the molecule is CN(CCNC(=O)c1coc(CN2CCOCC2)c1)S(C)(=O)=O. The number of rotatable bonds is 7. The third kappa shape index (κ3) is 5.61. The molecule has 1 aromatic heterocycles. The predicted octanol–water partition coefficient (Wildman–Crippen LogP) is -0.267. The van der Waals surface area contributed by atoms with Crippen molar-refractivity contribution in [1.82, 2.24) is 14.5 Å². The van der Waals surface area contributed by atoms with Crippen LogP contribution in [0.15, 0.2) is 16.7 Å².